The maximum Gasteiger partial charge on any atom is 0.252 e. The number of hydrogen-bond donors (Lipinski definition) is 0. The number of benzene rings is 10. The predicted molar refractivity (Wildman–Crippen MR) is 254 cm³/mol. The highest BCUT2D eigenvalue weighted by atomic mass is 15.1. The number of rotatable bonds is 1. The van der Waals surface area contributed by atoms with Crippen molar-refractivity contribution < 1.29 is 0 Å². The Morgan fingerprint density at radius 1 is 0.317 bits per heavy atom. The molecule has 0 bridgehead atoms. The summed E-state index contributed by atoms with van der Waals surface area (Å²) in [5.41, 5.74) is 20.6. The van der Waals surface area contributed by atoms with Crippen LogP contribution < -0.4 is 16.4 Å². The first-order valence-electron chi connectivity index (χ1n) is 21.1. The molecule has 0 fully saturated rings. The molecule has 4 heteroatoms. The van der Waals surface area contributed by atoms with Gasteiger partial charge in [-0.3, -0.25) is 0 Å². The minimum absolute atomic E-state index is 0.0572. The Kier molecular flexibility index (Phi) is 5.17. The van der Waals surface area contributed by atoms with Gasteiger partial charge in [0, 0.05) is 49.2 Å². The van der Waals surface area contributed by atoms with Crippen LogP contribution in [0, 0.1) is 0 Å². The molecule has 0 atom stereocenters. The van der Waals surface area contributed by atoms with Crippen LogP contribution in [-0.4, -0.2) is 20.4 Å². The Labute approximate surface area is 343 Å². The van der Waals surface area contributed by atoms with E-state index in [1.54, 1.807) is 0 Å². The molecule has 60 heavy (non-hydrogen) atoms. The molecule has 0 radical (unpaired) electrons. The van der Waals surface area contributed by atoms with E-state index in [0.29, 0.717) is 0 Å². The molecule has 13 aromatic rings. The Morgan fingerprint density at radius 2 is 0.900 bits per heavy atom. The van der Waals surface area contributed by atoms with Crippen molar-refractivity contribution >= 4 is 110 Å². The van der Waals surface area contributed by atoms with Crippen LogP contribution >= 0.6 is 0 Å². The molecule has 3 nitrogen and oxygen atoms in total. The van der Waals surface area contributed by atoms with Gasteiger partial charge in [-0.15, -0.1) is 0 Å². The molecule has 5 heterocycles. The third kappa shape index (κ3) is 3.32. The fourth-order valence-electron chi connectivity index (χ4n) is 12.3. The number of fused-ring (bicyclic) bond motifs is 16. The maximum atomic E-state index is 2.66. The van der Waals surface area contributed by atoms with E-state index in [2.05, 4.69) is 196 Å². The fourth-order valence-corrected chi connectivity index (χ4v) is 12.3. The fraction of sp³-hybridized carbons (Fsp3) is 0. The summed E-state index contributed by atoms with van der Waals surface area (Å²) in [5.74, 6) is 0. The molecule has 0 amide bonds. The van der Waals surface area contributed by atoms with Gasteiger partial charge in [0.25, 0.3) is 6.71 Å². The highest BCUT2D eigenvalue weighted by molar-refractivity contribution is 7.00. The van der Waals surface area contributed by atoms with E-state index >= 15 is 0 Å². The van der Waals surface area contributed by atoms with E-state index < -0.39 is 0 Å². The van der Waals surface area contributed by atoms with E-state index in [1.807, 2.05) is 0 Å². The third-order valence-electron chi connectivity index (χ3n) is 14.5. The van der Waals surface area contributed by atoms with Crippen LogP contribution in [0.15, 0.2) is 182 Å². The first-order chi connectivity index (χ1) is 29.8. The van der Waals surface area contributed by atoms with Gasteiger partial charge in [0.1, 0.15) is 0 Å². The van der Waals surface area contributed by atoms with Crippen LogP contribution in [0.3, 0.4) is 0 Å². The standard InChI is InChI=1S/C56H30BN3/c1-2-13-34-31(11-1)23-27-46-51(34)41-17-6-8-22-45(41)58(46)33-29-48-54-49(30-33)60-47-28-24-32-12-9-18-38-35-14-3-4-15-36(35)39-25-26-43(56(60)52(39)53(47)50(32)38)57(54)42-20-10-19-40-37-16-5-7-21-44(37)59(48)55(40)42/h1-30H. The van der Waals surface area contributed by atoms with Crippen molar-refractivity contribution in [3.63, 3.8) is 0 Å². The third-order valence-corrected chi connectivity index (χ3v) is 14.5. The first-order valence-corrected chi connectivity index (χ1v) is 21.1. The smallest absolute Gasteiger partial charge is 0.252 e. The van der Waals surface area contributed by atoms with Gasteiger partial charge in [-0.1, -0.05) is 146 Å². The molecule has 10 aromatic carbocycles. The van der Waals surface area contributed by atoms with Gasteiger partial charge in [0.2, 0.25) is 0 Å². The van der Waals surface area contributed by atoms with E-state index in [-0.39, 0.29) is 6.71 Å². The molecule has 0 unspecified atom stereocenters. The summed E-state index contributed by atoms with van der Waals surface area (Å²) in [6, 6.07) is 69.1. The van der Waals surface area contributed by atoms with Crippen molar-refractivity contribution in [2.24, 2.45) is 0 Å². The summed E-state index contributed by atoms with van der Waals surface area (Å²) in [6.07, 6.45) is 0. The summed E-state index contributed by atoms with van der Waals surface area (Å²) < 4.78 is 7.79. The number of nitrogens with zero attached hydrogens (tertiary/aromatic N) is 3. The molecular formula is C56H30BN3. The second-order valence-electron chi connectivity index (χ2n) is 17.1. The van der Waals surface area contributed by atoms with Crippen molar-refractivity contribution in [1.82, 2.24) is 13.7 Å². The van der Waals surface area contributed by atoms with Crippen LogP contribution in [0.5, 0.6) is 0 Å². The predicted octanol–water partition coefficient (Wildman–Crippen LogP) is 12.1. The lowest BCUT2D eigenvalue weighted by atomic mass is 9.34. The van der Waals surface area contributed by atoms with E-state index in [4.69, 9.17) is 0 Å². The summed E-state index contributed by atoms with van der Waals surface area (Å²) in [5, 5.41) is 13.1. The lowest BCUT2D eigenvalue weighted by Gasteiger charge is -2.34. The lowest BCUT2D eigenvalue weighted by molar-refractivity contribution is 1.10. The van der Waals surface area contributed by atoms with Gasteiger partial charge in [0.15, 0.2) is 0 Å². The Morgan fingerprint density at radius 3 is 1.73 bits per heavy atom. The molecule has 272 valence electrons. The van der Waals surface area contributed by atoms with Crippen molar-refractivity contribution in [2.75, 3.05) is 0 Å². The molecule has 0 saturated carbocycles. The molecule has 2 aliphatic heterocycles. The van der Waals surface area contributed by atoms with Crippen LogP contribution in [0.4, 0.5) is 0 Å². The van der Waals surface area contributed by atoms with Gasteiger partial charge < -0.3 is 13.7 Å². The largest absolute Gasteiger partial charge is 0.310 e. The van der Waals surface area contributed by atoms with Gasteiger partial charge in [0.05, 0.1) is 33.3 Å². The first kappa shape index (κ1) is 30.3. The van der Waals surface area contributed by atoms with E-state index in [9.17, 15) is 0 Å². The van der Waals surface area contributed by atoms with E-state index in [0.717, 1.165) is 0 Å². The highest BCUT2D eigenvalue weighted by Gasteiger charge is 2.42. The van der Waals surface area contributed by atoms with Gasteiger partial charge in [-0.2, -0.15) is 0 Å². The van der Waals surface area contributed by atoms with Gasteiger partial charge in [-0.25, -0.2) is 0 Å². The zero-order chi connectivity index (χ0) is 38.5. The van der Waals surface area contributed by atoms with E-state index in [1.165, 1.54) is 143 Å². The lowest BCUT2D eigenvalue weighted by Crippen LogP contribution is -2.59. The van der Waals surface area contributed by atoms with Gasteiger partial charge >= 0.3 is 0 Å². The summed E-state index contributed by atoms with van der Waals surface area (Å²) in [6.45, 7) is 0.0572. The van der Waals surface area contributed by atoms with Crippen LogP contribution in [-0.2, 0) is 0 Å². The summed E-state index contributed by atoms with van der Waals surface area (Å²) >= 11 is 0. The normalized spacial score (nSPS) is 13.3. The van der Waals surface area contributed by atoms with Crippen molar-refractivity contribution in [1.29, 1.82) is 0 Å². The summed E-state index contributed by atoms with van der Waals surface area (Å²) in [4.78, 5) is 0. The quantitative estimate of drug-likeness (QED) is 0.148. The second-order valence-corrected chi connectivity index (χ2v) is 17.1. The Balaban J connectivity index is 1.15. The van der Waals surface area contributed by atoms with Crippen LogP contribution in [0.25, 0.3) is 126 Å². The molecule has 0 spiro atoms. The minimum atomic E-state index is 0.0572. The maximum absolute atomic E-state index is 2.66. The topological polar surface area (TPSA) is 14.8 Å². The second kappa shape index (κ2) is 10.2. The van der Waals surface area contributed by atoms with Gasteiger partial charge in [-0.05, 0) is 96.6 Å². The number of aromatic nitrogens is 3. The minimum Gasteiger partial charge on any atom is -0.310 e. The molecule has 16 rings (SSSR count). The SMILES string of the molecule is c1ccc2c(c1)-c1cccc3ccc4c(c13)c1c-2ccc2c1n4-c1cc(-n3c4ccccc4c4c5ccccc5ccc43)cc3c1B2c1cccc2c4ccccc4n-3c12. The number of para-hydroxylation sites is 3. The zero-order valence-electron chi connectivity index (χ0n) is 32.2. The Bertz CT molecular complexity index is 4190. The van der Waals surface area contributed by atoms with Crippen LogP contribution in [0.1, 0.15) is 0 Å². The Hall–Kier alpha value is -7.82. The molecule has 0 N–H and O–H groups in total. The number of hydrogen-bond acceptors (Lipinski definition) is 0. The van der Waals surface area contributed by atoms with Crippen molar-refractivity contribution in [3.05, 3.63) is 182 Å². The highest BCUT2D eigenvalue weighted by Crippen LogP contribution is 2.51. The average molecular weight is 756 g/mol. The molecule has 1 aliphatic carbocycles. The molecular weight excluding hydrogens is 725 g/mol. The van der Waals surface area contributed by atoms with Crippen LogP contribution in [0.2, 0.25) is 0 Å². The monoisotopic (exact) mass is 755 g/mol. The van der Waals surface area contributed by atoms with Crippen molar-refractivity contribution in [3.8, 4) is 39.3 Å². The molecule has 3 aliphatic rings. The molecule has 0 saturated heterocycles. The average Bonchev–Trinajstić information content (AvgIpc) is 3.93. The molecule has 3 aromatic heterocycles. The zero-order valence-corrected chi connectivity index (χ0v) is 32.2. The van der Waals surface area contributed by atoms with Crippen molar-refractivity contribution in [2.45, 2.75) is 0 Å². The summed E-state index contributed by atoms with van der Waals surface area (Å²) in [7, 11) is 0.